The van der Waals surface area contributed by atoms with Crippen LogP contribution in [0, 0.1) is 5.92 Å². The van der Waals surface area contributed by atoms with Crippen LogP contribution in [0.5, 0.6) is 0 Å². The molecule has 1 heterocycles. The first-order chi connectivity index (χ1) is 13.1. The standard InChI is InChI=1S/C22H23NO2S2/c1-16(20(24)13-12-17-8-4-2-5-9-17)21(25)23-19(15-27-22(23)26)14-18-10-6-3-7-11-18/h2-13,16,19-20,24H,14-15H2,1H3/b13-12+/t16-,19-,20+/m0/s1. The molecule has 2 aromatic rings. The zero-order chi connectivity index (χ0) is 19.2. The highest BCUT2D eigenvalue weighted by Crippen LogP contribution is 2.29. The van der Waals surface area contributed by atoms with Gasteiger partial charge in [0.2, 0.25) is 5.91 Å². The van der Waals surface area contributed by atoms with E-state index in [0.29, 0.717) is 4.32 Å². The summed E-state index contributed by atoms with van der Waals surface area (Å²) in [5, 5.41) is 10.5. The molecular formula is C22H23NO2S2. The average molecular weight is 398 g/mol. The molecule has 3 nitrogen and oxygen atoms in total. The number of benzene rings is 2. The van der Waals surface area contributed by atoms with Crippen LogP contribution in [0.15, 0.2) is 66.7 Å². The van der Waals surface area contributed by atoms with Crippen molar-refractivity contribution in [2.75, 3.05) is 5.75 Å². The molecule has 140 valence electrons. The average Bonchev–Trinajstić information content (AvgIpc) is 3.06. The van der Waals surface area contributed by atoms with Crippen LogP contribution in [0.4, 0.5) is 0 Å². The monoisotopic (exact) mass is 397 g/mol. The van der Waals surface area contributed by atoms with Crippen molar-refractivity contribution in [3.63, 3.8) is 0 Å². The Morgan fingerprint density at radius 2 is 1.85 bits per heavy atom. The number of aliphatic hydroxyl groups is 1. The summed E-state index contributed by atoms with van der Waals surface area (Å²) in [6, 6.07) is 19.9. The first kappa shape index (κ1) is 19.8. The van der Waals surface area contributed by atoms with Gasteiger partial charge >= 0.3 is 0 Å². The number of hydrogen-bond donors (Lipinski definition) is 1. The molecule has 0 radical (unpaired) electrons. The van der Waals surface area contributed by atoms with Crippen molar-refractivity contribution in [1.82, 2.24) is 4.90 Å². The number of carbonyl (C=O) groups is 1. The summed E-state index contributed by atoms with van der Waals surface area (Å²) in [4.78, 5) is 14.7. The van der Waals surface area contributed by atoms with Crippen molar-refractivity contribution in [1.29, 1.82) is 0 Å². The van der Waals surface area contributed by atoms with E-state index in [4.69, 9.17) is 12.2 Å². The van der Waals surface area contributed by atoms with Gasteiger partial charge in [-0.1, -0.05) is 104 Å². The molecule has 1 saturated heterocycles. The molecule has 2 aromatic carbocycles. The lowest BCUT2D eigenvalue weighted by atomic mass is 9.99. The lowest BCUT2D eigenvalue weighted by molar-refractivity contribution is -0.134. The summed E-state index contributed by atoms with van der Waals surface area (Å²) in [5.41, 5.74) is 2.17. The SMILES string of the molecule is C[C@H](C(=O)N1C(=S)SC[C@@H]1Cc1ccccc1)[C@H](O)/C=C/c1ccccc1. The minimum atomic E-state index is -0.858. The number of thioether (sulfide) groups is 1. The molecule has 3 rings (SSSR count). The predicted molar refractivity (Wildman–Crippen MR) is 116 cm³/mol. The van der Waals surface area contributed by atoms with Gasteiger partial charge in [0.25, 0.3) is 0 Å². The Labute approximate surface area is 170 Å². The quantitative estimate of drug-likeness (QED) is 0.743. The van der Waals surface area contributed by atoms with Crippen LogP contribution in [-0.4, -0.2) is 38.1 Å². The van der Waals surface area contributed by atoms with E-state index >= 15 is 0 Å². The third kappa shape index (κ3) is 5.06. The molecule has 0 saturated carbocycles. The maximum absolute atomic E-state index is 13.0. The highest BCUT2D eigenvalue weighted by atomic mass is 32.2. The van der Waals surface area contributed by atoms with Gasteiger partial charge in [-0.3, -0.25) is 9.69 Å². The molecule has 3 atom stereocenters. The second kappa shape index (κ2) is 9.31. The third-order valence-corrected chi connectivity index (χ3v) is 6.25. The Balaban J connectivity index is 1.68. The third-order valence-electron chi connectivity index (χ3n) is 4.70. The van der Waals surface area contributed by atoms with Crippen molar-refractivity contribution in [3.8, 4) is 0 Å². The van der Waals surface area contributed by atoms with Crippen molar-refractivity contribution in [2.24, 2.45) is 5.92 Å². The van der Waals surface area contributed by atoms with Crippen molar-refractivity contribution in [3.05, 3.63) is 77.9 Å². The Hall–Kier alpha value is -1.95. The molecule has 0 spiro atoms. The van der Waals surface area contributed by atoms with Crippen LogP contribution >= 0.6 is 24.0 Å². The van der Waals surface area contributed by atoms with E-state index in [0.717, 1.165) is 17.7 Å². The predicted octanol–water partition coefficient (Wildman–Crippen LogP) is 4.17. The summed E-state index contributed by atoms with van der Waals surface area (Å²) in [5.74, 6) is 0.123. The fourth-order valence-electron chi connectivity index (χ4n) is 3.07. The van der Waals surface area contributed by atoms with E-state index < -0.39 is 12.0 Å². The molecule has 1 fully saturated rings. The molecule has 1 amide bonds. The van der Waals surface area contributed by atoms with Crippen LogP contribution in [0.25, 0.3) is 6.08 Å². The minimum absolute atomic E-state index is 0.0325. The molecule has 5 heteroatoms. The minimum Gasteiger partial charge on any atom is -0.388 e. The van der Waals surface area contributed by atoms with E-state index in [1.807, 2.05) is 54.6 Å². The van der Waals surface area contributed by atoms with Gasteiger partial charge in [-0.15, -0.1) is 0 Å². The summed E-state index contributed by atoms with van der Waals surface area (Å²) in [7, 11) is 0. The van der Waals surface area contributed by atoms with Gasteiger partial charge in [0.05, 0.1) is 18.1 Å². The largest absolute Gasteiger partial charge is 0.388 e. The highest BCUT2D eigenvalue weighted by Gasteiger charge is 2.37. The Kier molecular flexibility index (Phi) is 6.83. The van der Waals surface area contributed by atoms with Crippen molar-refractivity contribution < 1.29 is 9.90 Å². The lowest BCUT2D eigenvalue weighted by Gasteiger charge is -2.28. The lowest BCUT2D eigenvalue weighted by Crippen LogP contribution is -2.45. The summed E-state index contributed by atoms with van der Waals surface area (Å²) < 4.78 is 0.604. The number of amides is 1. The van der Waals surface area contributed by atoms with Gasteiger partial charge < -0.3 is 5.11 Å². The van der Waals surface area contributed by atoms with Crippen molar-refractivity contribution >= 4 is 40.3 Å². The number of carbonyl (C=O) groups excluding carboxylic acids is 1. The van der Waals surface area contributed by atoms with Crippen LogP contribution in [0.3, 0.4) is 0 Å². The normalized spacial score (nSPS) is 19.4. The van der Waals surface area contributed by atoms with Crippen LogP contribution in [0.1, 0.15) is 18.1 Å². The van der Waals surface area contributed by atoms with Gasteiger partial charge in [0.15, 0.2) is 0 Å². The molecule has 1 aliphatic rings. The van der Waals surface area contributed by atoms with Gasteiger partial charge in [0.1, 0.15) is 4.32 Å². The number of aliphatic hydroxyl groups excluding tert-OH is 1. The molecule has 0 aromatic heterocycles. The zero-order valence-corrected chi connectivity index (χ0v) is 16.8. The highest BCUT2D eigenvalue weighted by molar-refractivity contribution is 8.23. The van der Waals surface area contributed by atoms with E-state index in [1.54, 1.807) is 17.9 Å². The zero-order valence-electron chi connectivity index (χ0n) is 15.2. The maximum Gasteiger partial charge on any atom is 0.234 e. The van der Waals surface area contributed by atoms with Crippen LogP contribution < -0.4 is 0 Å². The summed E-state index contributed by atoms with van der Waals surface area (Å²) in [6.45, 7) is 1.76. The number of hydrogen-bond acceptors (Lipinski definition) is 4. The molecule has 27 heavy (non-hydrogen) atoms. The summed E-state index contributed by atoms with van der Waals surface area (Å²) in [6.07, 6.45) is 3.43. The molecule has 1 N–H and O–H groups in total. The fraction of sp³-hybridized carbons (Fsp3) is 0.273. The Morgan fingerprint density at radius 3 is 2.52 bits per heavy atom. The number of thiocarbonyl (C=S) groups is 1. The molecule has 0 unspecified atom stereocenters. The van der Waals surface area contributed by atoms with E-state index in [2.05, 4.69) is 12.1 Å². The Bertz CT molecular complexity index is 808. The maximum atomic E-state index is 13.0. The first-order valence-corrected chi connectivity index (χ1v) is 10.4. The van der Waals surface area contributed by atoms with E-state index in [1.165, 1.54) is 17.3 Å². The number of rotatable bonds is 6. The number of nitrogens with zero attached hydrogens (tertiary/aromatic N) is 1. The van der Waals surface area contributed by atoms with E-state index in [9.17, 15) is 9.90 Å². The summed E-state index contributed by atoms with van der Waals surface area (Å²) >= 11 is 6.96. The van der Waals surface area contributed by atoms with Crippen LogP contribution in [0.2, 0.25) is 0 Å². The van der Waals surface area contributed by atoms with Crippen molar-refractivity contribution in [2.45, 2.75) is 25.5 Å². The van der Waals surface area contributed by atoms with Gasteiger partial charge in [-0.05, 0) is 17.5 Å². The second-order valence-corrected chi connectivity index (χ2v) is 8.33. The molecular weight excluding hydrogens is 374 g/mol. The second-order valence-electron chi connectivity index (χ2n) is 6.68. The molecule has 1 aliphatic heterocycles. The molecule has 0 bridgehead atoms. The Morgan fingerprint density at radius 1 is 1.22 bits per heavy atom. The topological polar surface area (TPSA) is 40.5 Å². The molecule has 0 aliphatic carbocycles. The van der Waals surface area contributed by atoms with Gasteiger partial charge in [0, 0.05) is 5.75 Å². The van der Waals surface area contributed by atoms with Gasteiger partial charge in [-0.2, -0.15) is 0 Å². The van der Waals surface area contributed by atoms with Gasteiger partial charge in [-0.25, -0.2) is 0 Å². The van der Waals surface area contributed by atoms with Crippen LogP contribution in [-0.2, 0) is 11.2 Å². The fourth-order valence-corrected chi connectivity index (χ4v) is 4.50. The first-order valence-electron chi connectivity index (χ1n) is 9.01. The van der Waals surface area contributed by atoms with E-state index in [-0.39, 0.29) is 11.9 Å². The smallest absolute Gasteiger partial charge is 0.234 e.